The third kappa shape index (κ3) is 7.77. The van der Waals surface area contributed by atoms with Crippen molar-refractivity contribution in [2.45, 2.75) is 40.0 Å². The molecule has 17 heavy (non-hydrogen) atoms. The van der Waals surface area contributed by atoms with Crippen LogP contribution in [0.1, 0.15) is 40.0 Å². The molecule has 0 radical (unpaired) electrons. The third-order valence-electron chi connectivity index (χ3n) is 2.60. The summed E-state index contributed by atoms with van der Waals surface area (Å²) in [4.78, 5) is 24.5. The molecule has 1 atom stereocenters. The van der Waals surface area contributed by atoms with E-state index < -0.39 is 0 Å². The highest BCUT2D eigenvalue weighted by Gasteiger charge is 2.16. The first kappa shape index (κ1) is 15.9. The smallest absolute Gasteiger partial charge is 0.305 e. The van der Waals surface area contributed by atoms with E-state index in [4.69, 9.17) is 4.74 Å². The van der Waals surface area contributed by atoms with Crippen LogP contribution in [0.25, 0.3) is 0 Å². The number of ether oxygens (including phenoxy) is 1. The van der Waals surface area contributed by atoms with Crippen LogP contribution in [0, 0.1) is 11.8 Å². The van der Waals surface area contributed by atoms with Gasteiger partial charge in [0.25, 0.3) is 0 Å². The Morgan fingerprint density at radius 1 is 1.12 bits per heavy atom. The summed E-state index contributed by atoms with van der Waals surface area (Å²) < 4.78 is 5.08. The number of hydrogen-bond acceptors (Lipinski definition) is 3. The lowest BCUT2D eigenvalue weighted by Crippen LogP contribution is -2.28. The fourth-order valence-electron chi connectivity index (χ4n) is 1.38. The Balaban J connectivity index is 3.73. The molecular formula is C13H25NO3. The molecule has 0 bridgehead atoms. The molecule has 100 valence electrons. The van der Waals surface area contributed by atoms with Crippen molar-refractivity contribution in [3.8, 4) is 0 Å². The Morgan fingerprint density at radius 3 is 2.18 bits per heavy atom. The van der Waals surface area contributed by atoms with Crippen LogP contribution in [0.2, 0.25) is 0 Å². The van der Waals surface area contributed by atoms with Gasteiger partial charge >= 0.3 is 5.97 Å². The predicted octanol–water partition coefficient (Wildman–Crippen LogP) is 2.08. The largest absolute Gasteiger partial charge is 0.466 e. The molecule has 0 saturated heterocycles. The van der Waals surface area contributed by atoms with Crippen LogP contribution in [0.4, 0.5) is 0 Å². The SMILES string of the molecule is CC(C)CCOC(=O)CCC(C)C(=O)N(C)C. The van der Waals surface area contributed by atoms with E-state index in [0.717, 1.165) is 6.42 Å². The van der Waals surface area contributed by atoms with Gasteiger partial charge in [-0.2, -0.15) is 0 Å². The normalized spacial score (nSPS) is 12.4. The van der Waals surface area contributed by atoms with Crippen LogP contribution in [-0.4, -0.2) is 37.5 Å². The van der Waals surface area contributed by atoms with Crippen LogP contribution < -0.4 is 0 Å². The minimum atomic E-state index is -0.205. The molecule has 0 aliphatic heterocycles. The van der Waals surface area contributed by atoms with E-state index in [1.807, 2.05) is 6.92 Å². The number of carbonyl (C=O) groups excluding carboxylic acids is 2. The van der Waals surface area contributed by atoms with Gasteiger partial charge in [0.05, 0.1) is 6.61 Å². The zero-order chi connectivity index (χ0) is 13.4. The molecule has 0 aromatic carbocycles. The summed E-state index contributed by atoms with van der Waals surface area (Å²) in [5.41, 5.74) is 0. The lowest BCUT2D eigenvalue weighted by atomic mass is 10.0. The fourth-order valence-corrected chi connectivity index (χ4v) is 1.38. The van der Waals surface area contributed by atoms with Gasteiger partial charge in [-0.15, -0.1) is 0 Å². The molecule has 0 N–H and O–H groups in total. The average molecular weight is 243 g/mol. The maximum atomic E-state index is 11.5. The second-order valence-electron chi connectivity index (χ2n) is 5.08. The molecule has 0 aromatic rings. The van der Waals surface area contributed by atoms with Crippen molar-refractivity contribution in [1.82, 2.24) is 4.90 Å². The Kier molecular flexibility index (Phi) is 7.59. The minimum Gasteiger partial charge on any atom is -0.466 e. The van der Waals surface area contributed by atoms with Gasteiger partial charge in [0.1, 0.15) is 0 Å². The molecule has 0 saturated carbocycles. The molecule has 0 aliphatic carbocycles. The van der Waals surface area contributed by atoms with Gasteiger partial charge in [-0.05, 0) is 18.8 Å². The fraction of sp³-hybridized carbons (Fsp3) is 0.846. The van der Waals surface area contributed by atoms with Crippen LogP contribution >= 0.6 is 0 Å². The zero-order valence-electron chi connectivity index (χ0n) is 11.7. The lowest BCUT2D eigenvalue weighted by Gasteiger charge is -2.16. The molecule has 1 unspecified atom stereocenters. The van der Waals surface area contributed by atoms with Crippen molar-refractivity contribution in [3.05, 3.63) is 0 Å². The second kappa shape index (κ2) is 8.09. The summed E-state index contributed by atoms with van der Waals surface area (Å²) >= 11 is 0. The summed E-state index contributed by atoms with van der Waals surface area (Å²) in [5, 5.41) is 0. The van der Waals surface area contributed by atoms with Crippen LogP contribution in [-0.2, 0) is 14.3 Å². The van der Waals surface area contributed by atoms with Crippen LogP contribution in [0.5, 0.6) is 0 Å². The number of rotatable bonds is 7. The summed E-state index contributed by atoms with van der Waals surface area (Å²) in [6.45, 7) is 6.49. The molecule has 0 spiro atoms. The third-order valence-corrected chi connectivity index (χ3v) is 2.60. The number of esters is 1. The summed E-state index contributed by atoms with van der Waals surface area (Å²) in [7, 11) is 3.44. The van der Waals surface area contributed by atoms with E-state index in [2.05, 4.69) is 13.8 Å². The Hall–Kier alpha value is -1.06. The van der Waals surface area contributed by atoms with Crippen LogP contribution in [0.3, 0.4) is 0 Å². The number of carbonyl (C=O) groups is 2. The zero-order valence-corrected chi connectivity index (χ0v) is 11.7. The van der Waals surface area contributed by atoms with Gasteiger partial charge in [-0.25, -0.2) is 0 Å². The summed E-state index contributed by atoms with van der Waals surface area (Å²) in [6.07, 6.45) is 1.76. The highest BCUT2D eigenvalue weighted by atomic mass is 16.5. The predicted molar refractivity (Wildman–Crippen MR) is 67.5 cm³/mol. The van der Waals surface area contributed by atoms with Crippen molar-refractivity contribution < 1.29 is 14.3 Å². The maximum Gasteiger partial charge on any atom is 0.305 e. The van der Waals surface area contributed by atoms with Crippen molar-refractivity contribution >= 4 is 11.9 Å². The maximum absolute atomic E-state index is 11.5. The lowest BCUT2D eigenvalue weighted by molar-refractivity contribution is -0.144. The van der Waals surface area contributed by atoms with Gasteiger partial charge in [0.15, 0.2) is 0 Å². The van der Waals surface area contributed by atoms with Crippen molar-refractivity contribution in [3.63, 3.8) is 0 Å². The Labute approximate surface area is 104 Å². The highest BCUT2D eigenvalue weighted by molar-refractivity contribution is 5.78. The topological polar surface area (TPSA) is 46.6 Å². The summed E-state index contributed by atoms with van der Waals surface area (Å²) in [5.74, 6) is 0.267. The van der Waals surface area contributed by atoms with Gasteiger partial charge in [-0.3, -0.25) is 9.59 Å². The van der Waals surface area contributed by atoms with Gasteiger partial charge in [-0.1, -0.05) is 20.8 Å². The standard InChI is InChI=1S/C13H25NO3/c1-10(2)8-9-17-12(15)7-6-11(3)13(16)14(4)5/h10-11H,6-9H2,1-5H3. The number of nitrogens with zero attached hydrogens (tertiary/aromatic N) is 1. The highest BCUT2D eigenvalue weighted by Crippen LogP contribution is 2.09. The minimum absolute atomic E-state index is 0.0555. The molecule has 0 aromatic heterocycles. The van der Waals surface area contributed by atoms with Gasteiger partial charge in [0.2, 0.25) is 5.91 Å². The van der Waals surface area contributed by atoms with Crippen molar-refractivity contribution in [2.75, 3.05) is 20.7 Å². The molecular weight excluding hydrogens is 218 g/mol. The molecule has 0 aliphatic rings. The quantitative estimate of drug-likeness (QED) is 0.643. The first-order valence-corrected chi connectivity index (χ1v) is 6.21. The van der Waals surface area contributed by atoms with E-state index in [1.54, 1.807) is 19.0 Å². The van der Waals surface area contributed by atoms with E-state index >= 15 is 0 Å². The average Bonchev–Trinajstić information content (AvgIpc) is 2.24. The van der Waals surface area contributed by atoms with Gasteiger partial charge < -0.3 is 9.64 Å². The van der Waals surface area contributed by atoms with Crippen LogP contribution in [0.15, 0.2) is 0 Å². The molecule has 0 rings (SSSR count). The second-order valence-corrected chi connectivity index (χ2v) is 5.08. The molecule has 4 nitrogen and oxygen atoms in total. The molecule has 1 amide bonds. The van der Waals surface area contributed by atoms with Crippen molar-refractivity contribution in [2.24, 2.45) is 11.8 Å². The van der Waals surface area contributed by atoms with Gasteiger partial charge in [0, 0.05) is 26.4 Å². The molecule has 0 fully saturated rings. The number of amides is 1. The summed E-state index contributed by atoms with van der Waals surface area (Å²) in [6, 6.07) is 0. The Morgan fingerprint density at radius 2 is 1.71 bits per heavy atom. The monoisotopic (exact) mass is 243 g/mol. The first-order valence-electron chi connectivity index (χ1n) is 6.21. The molecule has 4 heteroatoms. The first-order chi connectivity index (χ1) is 7.84. The van der Waals surface area contributed by atoms with E-state index in [0.29, 0.717) is 25.4 Å². The van der Waals surface area contributed by atoms with E-state index in [-0.39, 0.29) is 17.8 Å². The Bertz CT molecular complexity index is 249. The van der Waals surface area contributed by atoms with E-state index in [1.165, 1.54) is 0 Å². The van der Waals surface area contributed by atoms with Crippen molar-refractivity contribution in [1.29, 1.82) is 0 Å². The molecule has 0 heterocycles. The number of hydrogen-bond donors (Lipinski definition) is 0. The van der Waals surface area contributed by atoms with E-state index in [9.17, 15) is 9.59 Å².